The summed E-state index contributed by atoms with van der Waals surface area (Å²) in [5.41, 5.74) is 0. The van der Waals surface area contributed by atoms with Crippen molar-refractivity contribution in [3.8, 4) is 0 Å². The highest BCUT2D eigenvalue weighted by Gasteiger charge is 2.17. The number of hydrogen-bond acceptors (Lipinski definition) is 2. The molecule has 2 unspecified atom stereocenters. The first-order valence-electron chi connectivity index (χ1n) is 7.99. The molecule has 2 heteroatoms. The van der Waals surface area contributed by atoms with Gasteiger partial charge < -0.3 is 5.32 Å². The van der Waals surface area contributed by atoms with E-state index in [0.717, 1.165) is 24.9 Å². The van der Waals surface area contributed by atoms with Crippen LogP contribution in [0.2, 0.25) is 0 Å². The largest absolute Gasteiger partial charge is 0.315 e. The molecule has 0 saturated heterocycles. The normalized spacial score (nSPS) is 15.3. The molecule has 0 aliphatic heterocycles. The van der Waals surface area contributed by atoms with E-state index in [0.29, 0.717) is 6.04 Å². The lowest BCUT2D eigenvalue weighted by atomic mass is 10.0. The summed E-state index contributed by atoms with van der Waals surface area (Å²) in [6.07, 6.45) is 3.88. The van der Waals surface area contributed by atoms with Crippen molar-refractivity contribution in [2.75, 3.05) is 26.2 Å². The fraction of sp³-hybridized carbons (Fsp3) is 1.00. The molecule has 0 heterocycles. The van der Waals surface area contributed by atoms with E-state index in [4.69, 9.17) is 0 Å². The van der Waals surface area contributed by atoms with E-state index < -0.39 is 0 Å². The van der Waals surface area contributed by atoms with Crippen LogP contribution in [0.3, 0.4) is 0 Å². The molecule has 0 amide bonds. The molecule has 0 aromatic heterocycles. The lowest BCUT2D eigenvalue weighted by molar-refractivity contribution is 0.164. The smallest absolute Gasteiger partial charge is 0.0220 e. The molecule has 110 valence electrons. The Balaban J connectivity index is 4.23. The van der Waals surface area contributed by atoms with Gasteiger partial charge in [-0.15, -0.1) is 0 Å². The van der Waals surface area contributed by atoms with Crippen LogP contribution in [0, 0.1) is 11.8 Å². The minimum Gasteiger partial charge on any atom is -0.315 e. The molecule has 0 bridgehead atoms. The molecular weight excluding hydrogens is 220 g/mol. The van der Waals surface area contributed by atoms with Crippen LogP contribution in [0.4, 0.5) is 0 Å². The van der Waals surface area contributed by atoms with Gasteiger partial charge in [-0.1, -0.05) is 54.4 Å². The molecule has 0 saturated carbocycles. The summed E-state index contributed by atoms with van der Waals surface area (Å²) >= 11 is 0. The summed E-state index contributed by atoms with van der Waals surface area (Å²) in [7, 11) is 0. The van der Waals surface area contributed by atoms with Crippen molar-refractivity contribution >= 4 is 0 Å². The van der Waals surface area contributed by atoms with Gasteiger partial charge in [0.1, 0.15) is 0 Å². The van der Waals surface area contributed by atoms with Crippen LogP contribution in [0.25, 0.3) is 0 Å². The van der Waals surface area contributed by atoms with Crippen molar-refractivity contribution in [1.82, 2.24) is 10.2 Å². The molecule has 0 aliphatic carbocycles. The molecule has 2 nitrogen and oxygen atoms in total. The second-order valence-electron chi connectivity index (χ2n) is 6.10. The van der Waals surface area contributed by atoms with Crippen LogP contribution in [0.5, 0.6) is 0 Å². The highest BCUT2D eigenvalue weighted by atomic mass is 15.2. The maximum absolute atomic E-state index is 3.63. The summed E-state index contributed by atoms with van der Waals surface area (Å²) in [6, 6.07) is 0.716. The van der Waals surface area contributed by atoms with Crippen molar-refractivity contribution in [3.63, 3.8) is 0 Å². The van der Waals surface area contributed by atoms with Gasteiger partial charge in [-0.3, -0.25) is 4.90 Å². The van der Waals surface area contributed by atoms with Crippen molar-refractivity contribution in [2.24, 2.45) is 11.8 Å². The average molecular weight is 256 g/mol. The predicted octanol–water partition coefficient (Wildman–Crippen LogP) is 3.77. The maximum Gasteiger partial charge on any atom is 0.0220 e. The van der Waals surface area contributed by atoms with Crippen LogP contribution in [0.15, 0.2) is 0 Å². The Labute approximate surface area is 116 Å². The highest BCUT2D eigenvalue weighted by Crippen LogP contribution is 2.11. The van der Waals surface area contributed by atoms with Crippen LogP contribution in [-0.2, 0) is 0 Å². The van der Waals surface area contributed by atoms with Gasteiger partial charge in [0, 0.05) is 19.1 Å². The summed E-state index contributed by atoms with van der Waals surface area (Å²) in [6.45, 7) is 18.5. The van der Waals surface area contributed by atoms with Gasteiger partial charge in [-0.2, -0.15) is 0 Å². The van der Waals surface area contributed by atoms with E-state index in [-0.39, 0.29) is 0 Å². The van der Waals surface area contributed by atoms with Crippen LogP contribution < -0.4 is 5.32 Å². The summed E-state index contributed by atoms with van der Waals surface area (Å²) in [5, 5.41) is 3.63. The van der Waals surface area contributed by atoms with E-state index in [1.165, 1.54) is 32.4 Å². The number of nitrogens with zero attached hydrogens (tertiary/aromatic N) is 1. The molecule has 1 N–H and O–H groups in total. The minimum absolute atomic E-state index is 0.716. The Morgan fingerprint density at radius 3 is 2.11 bits per heavy atom. The van der Waals surface area contributed by atoms with Crippen molar-refractivity contribution < 1.29 is 0 Å². The second kappa shape index (κ2) is 10.8. The van der Waals surface area contributed by atoms with Gasteiger partial charge in [0.25, 0.3) is 0 Å². The predicted molar refractivity (Wildman–Crippen MR) is 83.1 cm³/mol. The van der Waals surface area contributed by atoms with Crippen molar-refractivity contribution in [2.45, 2.75) is 66.8 Å². The molecule has 0 aliphatic rings. The monoisotopic (exact) mass is 256 g/mol. The van der Waals surface area contributed by atoms with Crippen LogP contribution >= 0.6 is 0 Å². The van der Waals surface area contributed by atoms with E-state index in [1.807, 2.05) is 0 Å². The molecule has 0 rings (SSSR count). The third-order valence-electron chi connectivity index (χ3n) is 3.72. The van der Waals surface area contributed by atoms with E-state index >= 15 is 0 Å². The Morgan fingerprint density at radius 1 is 1.00 bits per heavy atom. The molecular formula is C16H36N2. The third kappa shape index (κ3) is 8.10. The van der Waals surface area contributed by atoms with Crippen molar-refractivity contribution in [1.29, 1.82) is 0 Å². The van der Waals surface area contributed by atoms with E-state index in [2.05, 4.69) is 51.8 Å². The van der Waals surface area contributed by atoms with Gasteiger partial charge in [0.15, 0.2) is 0 Å². The highest BCUT2D eigenvalue weighted by molar-refractivity contribution is 4.75. The molecule has 0 fully saturated rings. The maximum atomic E-state index is 3.63. The summed E-state index contributed by atoms with van der Waals surface area (Å²) in [4.78, 5) is 2.67. The summed E-state index contributed by atoms with van der Waals surface area (Å²) in [5.74, 6) is 1.56. The Hall–Kier alpha value is -0.0800. The SMILES string of the molecule is CCCC(CNCC(C)C)N(CC)CC(C)CC. The molecule has 2 atom stereocenters. The number of likely N-dealkylation sites (N-methyl/N-ethyl adjacent to an activating group) is 1. The Morgan fingerprint density at radius 2 is 1.67 bits per heavy atom. The van der Waals surface area contributed by atoms with Gasteiger partial charge in [-0.05, 0) is 31.3 Å². The second-order valence-corrected chi connectivity index (χ2v) is 6.10. The van der Waals surface area contributed by atoms with Gasteiger partial charge >= 0.3 is 0 Å². The lowest BCUT2D eigenvalue weighted by Gasteiger charge is -2.33. The topological polar surface area (TPSA) is 15.3 Å². The van der Waals surface area contributed by atoms with Crippen LogP contribution in [0.1, 0.15) is 60.8 Å². The standard InChI is InChI=1S/C16H36N2/c1-7-10-16(12-17-11-14(4)5)18(9-3)13-15(6)8-2/h14-17H,7-13H2,1-6H3. The zero-order chi connectivity index (χ0) is 14.0. The Bertz CT molecular complexity index is 180. The zero-order valence-electron chi connectivity index (χ0n) is 13.6. The van der Waals surface area contributed by atoms with Crippen LogP contribution in [-0.4, -0.2) is 37.1 Å². The molecule has 18 heavy (non-hydrogen) atoms. The molecule has 0 spiro atoms. The first-order valence-corrected chi connectivity index (χ1v) is 7.99. The quantitative estimate of drug-likeness (QED) is 0.605. The van der Waals surface area contributed by atoms with Gasteiger partial charge in [0.05, 0.1) is 0 Å². The first-order chi connectivity index (χ1) is 8.54. The fourth-order valence-corrected chi connectivity index (χ4v) is 2.35. The Kier molecular flexibility index (Phi) is 10.8. The number of rotatable bonds is 11. The lowest BCUT2D eigenvalue weighted by Crippen LogP contribution is -2.44. The summed E-state index contributed by atoms with van der Waals surface area (Å²) < 4.78 is 0. The molecule has 0 aromatic rings. The van der Waals surface area contributed by atoms with Gasteiger partial charge in [-0.25, -0.2) is 0 Å². The molecule has 0 aromatic carbocycles. The van der Waals surface area contributed by atoms with E-state index in [1.54, 1.807) is 0 Å². The minimum atomic E-state index is 0.716. The van der Waals surface area contributed by atoms with Gasteiger partial charge in [0.2, 0.25) is 0 Å². The average Bonchev–Trinajstić information content (AvgIpc) is 2.34. The van der Waals surface area contributed by atoms with E-state index in [9.17, 15) is 0 Å². The number of nitrogens with one attached hydrogen (secondary N) is 1. The zero-order valence-corrected chi connectivity index (χ0v) is 13.6. The molecule has 0 radical (unpaired) electrons. The first kappa shape index (κ1) is 17.9. The van der Waals surface area contributed by atoms with Crippen molar-refractivity contribution in [3.05, 3.63) is 0 Å². The third-order valence-corrected chi connectivity index (χ3v) is 3.72. The fourth-order valence-electron chi connectivity index (χ4n) is 2.35. The number of hydrogen-bond donors (Lipinski definition) is 1.